The predicted molar refractivity (Wildman–Crippen MR) is 84.2 cm³/mol. The van der Waals surface area contributed by atoms with Gasteiger partial charge in [0.15, 0.2) is 0 Å². The molecule has 0 N–H and O–H groups in total. The van der Waals surface area contributed by atoms with Gasteiger partial charge in [-0.25, -0.2) is 0 Å². The van der Waals surface area contributed by atoms with Crippen LogP contribution in [0.2, 0.25) is 0 Å². The summed E-state index contributed by atoms with van der Waals surface area (Å²) in [6, 6.07) is 17.7. The van der Waals surface area contributed by atoms with Crippen molar-refractivity contribution in [1.29, 1.82) is 0 Å². The number of methoxy groups -OCH3 is 1. The van der Waals surface area contributed by atoms with E-state index in [0.717, 1.165) is 16.9 Å². The highest BCUT2D eigenvalue weighted by molar-refractivity contribution is 5.78. The molecule has 3 nitrogen and oxygen atoms in total. The maximum atomic E-state index is 12.4. The first kappa shape index (κ1) is 15.1. The van der Waals surface area contributed by atoms with Crippen molar-refractivity contribution in [3.05, 3.63) is 65.7 Å². The van der Waals surface area contributed by atoms with Gasteiger partial charge in [0.2, 0.25) is 5.91 Å². The topological polar surface area (TPSA) is 29.5 Å². The van der Waals surface area contributed by atoms with Gasteiger partial charge >= 0.3 is 0 Å². The van der Waals surface area contributed by atoms with Crippen LogP contribution in [-0.2, 0) is 17.8 Å². The Morgan fingerprint density at radius 3 is 2.43 bits per heavy atom. The van der Waals surface area contributed by atoms with E-state index in [2.05, 4.69) is 0 Å². The van der Waals surface area contributed by atoms with Crippen LogP contribution in [0, 0.1) is 0 Å². The molecule has 2 rings (SSSR count). The summed E-state index contributed by atoms with van der Waals surface area (Å²) in [4.78, 5) is 14.3. The summed E-state index contributed by atoms with van der Waals surface area (Å²) in [6.45, 7) is 3.37. The minimum Gasteiger partial charge on any atom is -0.497 e. The molecule has 0 atom stereocenters. The highest BCUT2D eigenvalue weighted by atomic mass is 16.5. The van der Waals surface area contributed by atoms with Crippen LogP contribution < -0.4 is 4.74 Å². The molecule has 2 aromatic carbocycles. The summed E-state index contributed by atoms with van der Waals surface area (Å²) in [7, 11) is 1.63. The number of benzene rings is 2. The van der Waals surface area contributed by atoms with Gasteiger partial charge < -0.3 is 9.64 Å². The van der Waals surface area contributed by atoms with E-state index in [1.807, 2.05) is 66.4 Å². The third kappa shape index (κ3) is 4.35. The van der Waals surface area contributed by atoms with Gasteiger partial charge in [-0.2, -0.15) is 0 Å². The average molecular weight is 283 g/mol. The number of nitrogens with zero attached hydrogens (tertiary/aromatic N) is 1. The molecular formula is C18H21NO2. The SMILES string of the molecule is CCN(Cc1ccccc1)C(=O)Cc1cccc(OC)c1. The molecule has 0 saturated heterocycles. The van der Waals surface area contributed by atoms with E-state index in [-0.39, 0.29) is 5.91 Å². The highest BCUT2D eigenvalue weighted by Gasteiger charge is 2.13. The van der Waals surface area contributed by atoms with E-state index in [9.17, 15) is 4.79 Å². The number of amides is 1. The lowest BCUT2D eigenvalue weighted by atomic mass is 10.1. The minimum absolute atomic E-state index is 0.134. The van der Waals surface area contributed by atoms with Crippen LogP contribution in [0.3, 0.4) is 0 Å². The van der Waals surface area contributed by atoms with Gasteiger partial charge in [0.05, 0.1) is 13.5 Å². The highest BCUT2D eigenvalue weighted by Crippen LogP contribution is 2.14. The van der Waals surface area contributed by atoms with Crippen LogP contribution in [-0.4, -0.2) is 24.5 Å². The zero-order valence-electron chi connectivity index (χ0n) is 12.6. The van der Waals surface area contributed by atoms with Crippen molar-refractivity contribution in [2.45, 2.75) is 19.9 Å². The van der Waals surface area contributed by atoms with E-state index in [1.54, 1.807) is 7.11 Å². The molecule has 0 spiro atoms. The summed E-state index contributed by atoms with van der Waals surface area (Å²) < 4.78 is 5.19. The molecule has 110 valence electrons. The van der Waals surface area contributed by atoms with Crippen molar-refractivity contribution in [3.63, 3.8) is 0 Å². The summed E-state index contributed by atoms with van der Waals surface area (Å²) in [5, 5.41) is 0. The molecule has 0 aromatic heterocycles. The molecule has 2 aromatic rings. The maximum absolute atomic E-state index is 12.4. The monoisotopic (exact) mass is 283 g/mol. The Morgan fingerprint density at radius 2 is 1.76 bits per heavy atom. The third-order valence-corrected chi connectivity index (χ3v) is 3.44. The van der Waals surface area contributed by atoms with Gasteiger partial charge in [-0.05, 0) is 30.2 Å². The molecule has 3 heteroatoms. The lowest BCUT2D eigenvalue weighted by Gasteiger charge is -2.21. The van der Waals surface area contributed by atoms with Gasteiger partial charge in [-0.3, -0.25) is 4.79 Å². The van der Waals surface area contributed by atoms with Crippen LogP contribution in [0.5, 0.6) is 5.75 Å². The smallest absolute Gasteiger partial charge is 0.227 e. The molecule has 0 aliphatic heterocycles. The molecule has 0 radical (unpaired) electrons. The van der Waals surface area contributed by atoms with E-state index >= 15 is 0 Å². The zero-order chi connectivity index (χ0) is 15.1. The second-order valence-corrected chi connectivity index (χ2v) is 4.92. The number of carbonyl (C=O) groups excluding carboxylic acids is 1. The second kappa shape index (κ2) is 7.48. The second-order valence-electron chi connectivity index (χ2n) is 4.92. The molecule has 0 bridgehead atoms. The van der Waals surface area contributed by atoms with Crippen molar-refractivity contribution in [2.75, 3.05) is 13.7 Å². The standard InChI is InChI=1S/C18H21NO2/c1-3-19(14-15-8-5-4-6-9-15)18(20)13-16-10-7-11-17(12-16)21-2/h4-12H,3,13-14H2,1-2H3. The van der Waals surface area contributed by atoms with Gasteiger partial charge in [0.1, 0.15) is 5.75 Å². The van der Waals surface area contributed by atoms with Crippen molar-refractivity contribution in [3.8, 4) is 5.75 Å². The number of likely N-dealkylation sites (N-methyl/N-ethyl adjacent to an activating group) is 1. The molecule has 0 fully saturated rings. The van der Waals surface area contributed by atoms with Crippen LogP contribution in [0.25, 0.3) is 0 Å². The first-order chi connectivity index (χ1) is 10.2. The summed E-state index contributed by atoms with van der Waals surface area (Å²) in [5.41, 5.74) is 2.13. The Bertz CT molecular complexity index is 581. The summed E-state index contributed by atoms with van der Waals surface area (Å²) >= 11 is 0. The maximum Gasteiger partial charge on any atom is 0.227 e. The fourth-order valence-electron chi connectivity index (χ4n) is 2.25. The fourth-order valence-corrected chi connectivity index (χ4v) is 2.25. The molecule has 0 aliphatic rings. The number of hydrogen-bond donors (Lipinski definition) is 0. The Hall–Kier alpha value is -2.29. The van der Waals surface area contributed by atoms with Crippen molar-refractivity contribution >= 4 is 5.91 Å². The normalized spacial score (nSPS) is 10.2. The first-order valence-corrected chi connectivity index (χ1v) is 7.17. The van der Waals surface area contributed by atoms with Crippen molar-refractivity contribution in [2.24, 2.45) is 0 Å². The van der Waals surface area contributed by atoms with Crippen molar-refractivity contribution in [1.82, 2.24) is 4.90 Å². The Morgan fingerprint density at radius 1 is 1.05 bits per heavy atom. The van der Waals surface area contributed by atoms with Gasteiger partial charge in [0, 0.05) is 13.1 Å². The summed E-state index contributed by atoms with van der Waals surface area (Å²) in [5.74, 6) is 0.918. The van der Waals surface area contributed by atoms with E-state index in [0.29, 0.717) is 19.5 Å². The molecule has 1 amide bonds. The van der Waals surface area contributed by atoms with Gasteiger partial charge in [-0.15, -0.1) is 0 Å². The Labute approximate surface area is 126 Å². The Kier molecular flexibility index (Phi) is 5.38. The van der Waals surface area contributed by atoms with Crippen LogP contribution in [0.1, 0.15) is 18.1 Å². The summed E-state index contributed by atoms with van der Waals surface area (Å²) in [6.07, 6.45) is 0.401. The average Bonchev–Trinajstić information content (AvgIpc) is 2.53. The van der Waals surface area contributed by atoms with Gasteiger partial charge in [-0.1, -0.05) is 42.5 Å². The van der Waals surface area contributed by atoms with Crippen molar-refractivity contribution < 1.29 is 9.53 Å². The third-order valence-electron chi connectivity index (χ3n) is 3.44. The molecule has 0 aliphatic carbocycles. The van der Waals surface area contributed by atoms with Crippen LogP contribution in [0.4, 0.5) is 0 Å². The zero-order valence-corrected chi connectivity index (χ0v) is 12.6. The lowest BCUT2D eigenvalue weighted by molar-refractivity contribution is -0.130. The quantitative estimate of drug-likeness (QED) is 0.814. The number of rotatable bonds is 6. The molecule has 0 unspecified atom stereocenters. The van der Waals surface area contributed by atoms with Gasteiger partial charge in [0.25, 0.3) is 0 Å². The minimum atomic E-state index is 0.134. The van der Waals surface area contributed by atoms with E-state index in [4.69, 9.17) is 4.74 Å². The molecular weight excluding hydrogens is 262 g/mol. The Balaban J connectivity index is 2.02. The van der Waals surface area contributed by atoms with Crippen LogP contribution in [0.15, 0.2) is 54.6 Å². The lowest BCUT2D eigenvalue weighted by Crippen LogP contribution is -2.31. The molecule has 0 saturated carbocycles. The number of hydrogen-bond acceptors (Lipinski definition) is 2. The predicted octanol–water partition coefficient (Wildman–Crippen LogP) is 3.29. The van der Waals surface area contributed by atoms with E-state index in [1.165, 1.54) is 0 Å². The first-order valence-electron chi connectivity index (χ1n) is 7.17. The number of carbonyl (C=O) groups is 1. The largest absolute Gasteiger partial charge is 0.497 e. The molecule has 21 heavy (non-hydrogen) atoms. The fraction of sp³-hybridized carbons (Fsp3) is 0.278. The van der Waals surface area contributed by atoms with E-state index < -0.39 is 0 Å². The van der Waals surface area contributed by atoms with Crippen LogP contribution >= 0.6 is 0 Å². The number of ether oxygens (including phenoxy) is 1. The molecule has 0 heterocycles.